The lowest BCUT2D eigenvalue weighted by Gasteiger charge is -2.17. The first kappa shape index (κ1) is 20.6. The van der Waals surface area contributed by atoms with Crippen molar-refractivity contribution in [2.75, 3.05) is 13.2 Å². The fourth-order valence-corrected chi connectivity index (χ4v) is 2.97. The molecule has 0 saturated heterocycles. The van der Waals surface area contributed by atoms with Crippen LogP contribution in [0.1, 0.15) is 37.0 Å². The molecule has 2 N–H and O–H groups in total. The van der Waals surface area contributed by atoms with Crippen LogP contribution in [-0.2, 0) is 13.2 Å². The summed E-state index contributed by atoms with van der Waals surface area (Å²) in [6.07, 6.45) is 0.861. The molecule has 1 atom stereocenters. The van der Waals surface area contributed by atoms with Gasteiger partial charge < -0.3 is 19.9 Å². The lowest BCUT2D eigenvalue weighted by atomic mass is 10.1. The van der Waals surface area contributed by atoms with Gasteiger partial charge >= 0.3 is 0 Å². The van der Waals surface area contributed by atoms with Crippen LogP contribution in [0.2, 0.25) is 5.02 Å². The van der Waals surface area contributed by atoms with Crippen molar-refractivity contribution in [2.24, 2.45) is 0 Å². The second kappa shape index (κ2) is 10.4. The Morgan fingerprint density at radius 2 is 1.92 bits per heavy atom. The van der Waals surface area contributed by atoms with Crippen LogP contribution in [0.5, 0.6) is 11.5 Å². The minimum Gasteiger partial charge on any atom is -0.490 e. The fourth-order valence-electron chi connectivity index (χ4n) is 2.68. The van der Waals surface area contributed by atoms with Crippen molar-refractivity contribution < 1.29 is 14.6 Å². The Balaban J connectivity index is 2.14. The molecule has 0 aliphatic heterocycles. The van der Waals surface area contributed by atoms with E-state index in [0.717, 1.165) is 17.5 Å². The number of rotatable bonds is 10. The normalized spacial score (nSPS) is 12.0. The summed E-state index contributed by atoms with van der Waals surface area (Å²) in [7, 11) is 0. The van der Waals surface area contributed by atoms with Crippen LogP contribution in [0, 0.1) is 6.92 Å². The van der Waals surface area contributed by atoms with Gasteiger partial charge in [0.25, 0.3) is 0 Å². The third-order valence-electron chi connectivity index (χ3n) is 4.14. The van der Waals surface area contributed by atoms with E-state index in [-0.39, 0.29) is 12.6 Å². The second-order valence-corrected chi connectivity index (χ2v) is 6.69. The largest absolute Gasteiger partial charge is 0.490 e. The predicted octanol–water partition coefficient (Wildman–Crippen LogP) is 4.49. The minimum absolute atomic E-state index is 0.0709. The Labute approximate surface area is 161 Å². The molecule has 0 radical (unpaired) electrons. The maximum Gasteiger partial charge on any atom is 0.180 e. The molecule has 0 bridgehead atoms. The van der Waals surface area contributed by atoms with E-state index in [1.165, 1.54) is 5.56 Å². The number of hydrogen-bond acceptors (Lipinski definition) is 4. The monoisotopic (exact) mass is 377 g/mol. The Morgan fingerprint density at radius 1 is 1.12 bits per heavy atom. The van der Waals surface area contributed by atoms with Crippen LogP contribution in [0.3, 0.4) is 0 Å². The lowest BCUT2D eigenvalue weighted by molar-refractivity contribution is 0.238. The van der Waals surface area contributed by atoms with E-state index in [4.69, 9.17) is 21.1 Å². The van der Waals surface area contributed by atoms with Crippen LogP contribution in [-0.4, -0.2) is 24.4 Å². The number of halogens is 1. The molecular weight excluding hydrogens is 350 g/mol. The molecule has 0 unspecified atom stereocenters. The van der Waals surface area contributed by atoms with E-state index < -0.39 is 0 Å². The van der Waals surface area contributed by atoms with E-state index in [2.05, 4.69) is 24.4 Å². The molecule has 0 saturated carbocycles. The maximum atomic E-state index is 9.31. The standard InChI is InChI=1S/C21H28ClNO3/c1-4-18(13-24)23-12-17-10-19(22)21(20(11-17)25-5-2)26-14-16-8-6-7-15(3)9-16/h6-11,18,23-24H,4-5,12-14H2,1-3H3/t18-/m1/s1. The van der Waals surface area contributed by atoms with E-state index >= 15 is 0 Å². The zero-order chi connectivity index (χ0) is 18.9. The quantitative estimate of drug-likeness (QED) is 0.640. The molecule has 2 aromatic carbocycles. The van der Waals surface area contributed by atoms with Gasteiger partial charge in [-0.25, -0.2) is 0 Å². The summed E-state index contributed by atoms with van der Waals surface area (Å²) < 4.78 is 11.7. The topological polar surface area (TPSA) is 50.7 Å². The van der Waals surface area contributed by atoms with Gasteiger partial charge in [-0.3, -0.25) is 0 Å². The van der Waals surface area contributed by atoms with Gasteiger partial charge in [0.1, 0.15) is 6.61 Å². The number of aliphatic hydroxyl groups excluding tert-OH is 1. The number of benzene rings is 2. The highest BCUT2D eigenvalue weighted by Gasteiger charge is 2.14. The van der Waals surface area contributed by atoms with Gasteiger partial charge in [0.05, 0.1) is 18.2 Å². The summed E-state index contributed by atoms with van der Waals surface area (Å²) in [5.74, 6) is 1.20. The summed E-state index contributed by atoms with van der Waals surface area (Å²) in [6.45, 7) is 7.71. The van der Waals surface area contributed by atoms with E-state index in [1.54, 1.807) is 0 Å². The highest BCUT2D eigenvalue weighted by atomic mass is 35.5. The molecule has 0 fully saturated rings. The summed E-state index contributed by atoms with van der Waals surface area (Å²) >= 11 is 6.47. The van der Waals surface area contributed by atoms with Gasteiger partial charge in [0, 0.05) is 12.6 Å². The van der Waals surface area contributed by atoms with Crippen molar-refractivity contribution in [3.8, 4) is 11.5 Å². The van der Waals surface area contributed by atoms with E-state index in [9.17, 15) is 5.11 Å². The predicted molar refractivity (Wildman–Crippen MR) is 106 cm³/mol. The van der Waals surface area contributed by atoms with Crippen molar-refractivity contribution in [2.45, 2.75) is 46.4 Å². The number of hydrogen-bond donors (Lipinski definition) is 2. The molecule has 5 heteroatoms. The van der Waals surface area contributed by atoms with Crippen molar-refractivity contribution in [3.05, 3.63) is 58.1 Å². The molecule has 0 heterocycles. The molecule has 2 aromatic rings. The minimum atomic E-state index is 0.0709. The first-order valence-electron chi connectivity index (χ1n) is 9.05. The third kappa shape index (κ3) is 5.90. The maximum absolute atomic E-state index is 9.31. The summed E-state index contributed by atoms with van der Waals surface area (Å²) in [5.41, 5.74) is 3.27. The van der Waals surface area contributed by atoms with Gasteiger partial charge in [-0.05, 0) is 43.5 Å². The summed E-state index contributed by atoms with van der Waals surface area (Å²) in [5, 5.41) is 13.1. The molecule has 0 amide bonds. The zero-order valence-corrected chi connectivity index (χ0v) is 16.5. The Bertz CT molecular complexity index is 702. The highest BCUT2D eigenvalue weighted by molar-refractivity contribution is 6.32. The second-order valence-electron chi connectivity index (χ2n) is 6.28. The molecule has 0 aliphatic rings. The molecule has 142 valence electrons. The van der Waals surface area contributed by atoms with Gasteiger partial charge in [0.2, 0.25) is 0 Å². The van der Waals surface area contributed by atoms with Crippen LogP contribution in [0.15, 0.2) is 36.4 Å². The first-order valence-corrected chi connectivity index (χ1v) is 9.42. The van der Waals surface area contributed by atoms with Crippen molar-refractivity contribution in [3.63, 3.8) is 0 Å². The van der Waals surface area contributed by atoms with E-state index in [0.29, 0.717) is 36.3 Å². The molecule has 0 spiro atoms. The molecule has 2 rings (SSSR count). The smallest absolute Gasteiger partial charge is 0.180 e. The first-order chi connectivity index (χ1) is 12.6. The van der Waals surface area contributed by atoms with Crippen molar-refractivity contribution in [1.82, 2.24) is 5.32 Å². The SMILES string of the molecule is CCOc1cc(CN[C@H](CC)CO)cc(Cl)c1OCc1cccc(C)c1. The Morgan fingerprint density at radius 3 is 2.58 bits per heavy atom. The molecule has 0 aromatic heterocycles. The third-order valence-corrected chi connectivity index (χ3v) is 4.42. The number of aryl methyl sites for hydroxylation is 1. The highest BCUT2D eigenvalue weighted by Crippen LogP contribution is 2.37. The van der Waals surface area contributed by atoms with Crippen LogP contribution >= 0.6 is 11.6 Å². The van der Waals surface area contributed by atoms with Crippen LogP contribution in [0.4, 0.5) is 0 Å². The van der Waals surface area contributed by atoms with Gasteiger partial charge in [0.15, 0.2) is 11.5 Å². The van der Waals surface area contributed by atoms with Gasteiger partial charge in [-0.15, -0.1) is 0 Å². The molecule has 26 heavy (non-hydrogen) atoms. The molecule has 0 aliphatic carbocycles. The van der Waals surface area contributed by atoms with Crippen molar-refractivity contribution >= 4 is 11.6 Å². The fraction of sp³-hybridized carbons (Fsp3) is 0.429. The van der Waals surface area contributed by atoms with Crippen molar-refractivity contribution in [1.29, 1.82) is 0 Å². The average molecular weight is 378 g/mol. The Hall–Kier alpha value is -1.75. The van der Waals surface area contributed by atoms with Gasteiger partial charge in [-0.1, -0.05) is 48.4 Å². The number of aliphatic hydroxyl groups is 1. The number of nitrogens with one attached hydrogen (secondary N) is 1. The molecule has 4 nitrogen and oxygen atoms in total. The Kier molecular flexibility index (Phi) is 8.23. The number of ether oxygens (including phenoxy) is 2. The van der Waals surface area contributed by atoms with Crippen LogP contribution < -0.4 is 14.8 Å². The van der Waals surface area contributed by atoms with Gasteiger partial charge in [-0.2, -0.15) is 0 Å². The van der Waals surface area contributed by atoms with E-state index in [1.807, 2.05) is 38.1 Å². The summed E-state index contributed by atoms with van der Waals surface area (Å²) in [6, 6.07) is 12.1. The molecular formula is C21H28ClNO3. The summed E-state index contributed by atoms with van der Waals surface area (Å²) in [4.78, 5) is 0. The lowest BCUT2D eigenvalue weighted by Crippen LogP contribution is -2.31. The van der Waals surface area contributed by atoms with Crippen LogP contribution in [0.25, 0.3) is 0 Å². The zero-order valence-electron chi connectivity index (χ0n) is 15.7. The average Bonchev–Trinajstić information content (AvgIpc) is 2.62.